The molecule has 86 valence electrons. The van der Waals surface area contributed by atoms with E-state index in [0.717, 1.165) is 5.69 Å². The Bertz CT molecular complexity index is 424. The molecule has 1 heterocycles. The SMILES string of the molecule is CCc1c(N)nnn1CCS(=O)(=O)CC. The minimum absolute atomic E-state index is 0.0826. The summed E-state index contributed by atoms with van der Waals surface area (Å²) in [5.74, 6) is 0.615. The van der Waals surface area contributed by atoms with Crippen molar-refractivity contribution in [2.24, 2.45) is 0 Å². The van der Waals surface area contributed by atoms with Crippen LogP contribution in [-0.2, 0) is 22.8 Å². The monoisotopic (exact) mass is 232 g/mol. The Morgan fingerprint density at radius 1 is 1.40 bits per heavy atom. The molecule has 0 aliphatic rings. The van der Waals surface area contributed by atoms with Crippen molar-refractivity contribution in [3.63, 3.8) is 0 Å². The topological polar surface area (TPSA) is 90.9 Å². The first-order valence-corrected chi connectivity index (χ1v) is 6.70. The number of anilines is 1. The van der Waals surface area contributed by atoms with Crippen LogP contribution in [0, 0.1) is 0 Å². The summed E-state index contributed by atoms with van der Waals surface area (Å²) in [6.45, 7) is 3.88. The smallest absolute Gasteiger partial charge is 0.169 e. The van der Waals surface area contributed by atoms with Crippen LogP contribution in [-0.4, -0.2) is 34.9 Å². The lowest BCUT2D eigenvalue weighted by atomic mass is 10.3. The summed E-state index contributed by atoms with van der Waals surface area (Å²) in [6, 6.07) is 0. The normalized spacial score (nSPS) is 11.9. The lowest BCUT2D eigenvalue weighted by molar-refractivity contribution is 0.567. The van der Waals surface area contributed by atoms with Gasteiger partial charge in [-0.05, 0) is 6.42 Å². The van der Waals surface area contributed by atoms with E-state index in [1.54, 1.807) is 11.6 Å². The van der Waals surface area contributed by atoms with Gasteiger partial charge >= 0.3 is 0 Å². The Kier molecular flexibility index (Phi) is 3.67. The molecular weight excluding hydrogens is 216 g/mol. The molecule has 0 unspecified atom stereocenters. The molecule has 0 fully saturated rings. The van der Waals surface area contributed by atoms with Gasteiger partial charge in [0.25, 0.3) is 0 Å². The molecule has 0 saturated carbocycles. The van der Waals surface area contributed by atoms with Gasteiger partial charge < -0.3 is 5.73 Å². The number of nitrogens with two attached hydrogens (primary N) is 1. The molecule has 0 aromatic carbocycles. The molecule has 1 rings (SSSR count). The van der Waals surface area contributed by atoms with Crippen LogP contribution >= 0.6 is 0 Å². The zero-order valence-electron chi connectivity index (χ0n) is 8.97. The minimum Gasteiger partial charge on any atom is -0.381 e. The maximum atomic E-state index is 11.3. The first-order valence-electron chi connectivity index (χ1n) is 4.88. The van der Waals surface area contributed by atoms with E-state index in [4.69, 9.17) is 5.73 Å². The zero-order valence-corrected chi connectivity index (χ0v) is 9.79. The summed E-state index contributed by atoms with van der Waals surface area (Å²) in [6.07, 6.45) is 0.699. The van der Waals surface area contributed by atoms with Crippen molar-refractivity contribution in [1.82, 2.24) is 15.0 Å². The quantitative estimate of drug-likeness (QED) is 0.762. The summed E-state index contributed by atoms with van der Waals surface area (Å²) in [4.78, 5) is 0. The highest BCUT2D eigenvalue weighted by Gasteiger charge is 2.12. The van der Waals surface area contributed by atoms with Crippen molar-refractivity contribution in [3.8, 4) is 0 Å². The molecule has 0 amide bonds. The van der Waals surface area contributed by atoms with Crippen LogP contribution in [0.2, 0.25) is 0 Å². The van der Waals surface area contributed by atoms with Gasteiger partial charge in [-0.2, -0.15) is 0 Å². The Labute approximate surface area is 89.4 Å². The van der Waals surface area contributed by atoms with Crippen molar-refractivity contribution in [2.75, 3.05) is 17.2 Å². The van der Waals surface area contributed by atoms with E-state index >= 15 is 0 Å². The van der Waals surface area contributed by atoms with Crippen LogP contribution in [0.15, 0.2) is 0 Å². The zero-order chi connectivity index (χ0) is 11.5. The van der Waals surface area contributed by atoms with E-state index in [9.17, 15) is 8.42 Å². The third-order valence-corrected chi connectivity index (χ3v) is 3.94. The molecule has 0 saturated heterocycles. The molecule has 1 aromatic rings. The highest BCUT2D eigenvalue weighted by Crippen LogP contribution is 2.07. The highest BCUT2D eigenvalue weighted by atomic mass is 32.2. The summed E-state index contributed by atoms with van der Waals surface area (Å²) in [5, 5.41) is 7.51. The molecule has 0 aliphatic heterocycles. The summed E-state index contributed by atoms with van der Waals surface area (Å²) < 4.78 is 24.1. The van der Waals surface area contributed by atoms with E-state index in [1.165, 1.54) is 0 Å². The molecule has 1 aromatic heterocycles. The number of sulfone groups is 1. The van der Waals surface area contributed by atoms with Crippen molar-refractivity contribution in [1.29, 1.82) is 0 Å². The number of hydrogen-bond donors (Lipinski definition) is 1. The second-order valence-corrected chi connectivity index (χ2v) is 5.71. The predicted octanol–water partition coefficient (Wildman–Crippen LogP) is -0.143. The van der Waals surface area contributed by atoms with Crippen LogP contribution in [0.25, 0.3) is 0 Å². The van der Waals surface area contributed by atoms with Crippen LogP contribution in [0.1, 0.15) is 19.5 Å². The Morgan fingerprint density at radius 3 is 2.60 bits per heavy atom. The second kappa shape index (κ2) is 4.61. The fourth-order valence-electron chi connectivity index (χ4n) is 1.26. The maximum Gasteiger partial charge on any atom is 0.169 e. The van der Waals surface area contributed by atoms with E-state index < -0.39 is 9.84 Å². The van der Waals surface area contributed by atoms with E-state index in [2.05, 4.69) is 10.3 Å². The molecule has 15 heavy (non-hydrogen) atoms. The van der Waals surface area contributed by atoms with Gasteiger partial charge in [0.1, 0.15) is 0 Å². The van der Waals surface area contributed by atoms with Crippen molar-refractivity contribution >= 4 is 15.7 Å². The lowest BCUT2D eigenvalue weighted by Crippen LogP contribution is -2.17. The third-order valence-electron chi connectivity index (χ3n) is 2.26. The van der Waals surface area contributed by atoms with E-state index in [0.29, 0.717) is 18.8 Å². The van der Waals surface area contributed by atoms with Crippen molar-refractivity contribution in [3.05, 3.63) is 5.69 Å². The van der Waals surface area contributed by atoms with Crippen LogP contribution in [0.3, 0.4) is 0 Å². The van der Waals surface area contributed by atoms with Gasteiger partial charge in [-0.25, -0.2) is 13.1 Å². The molecule has 0 aliphatic carbocycles. The number of nitrogen functional groups attached to an aromatic ring is 1. The van der Waals surface area contributed by atoms with Gasteiger partial charge in [0, 0.05) is 5.75 Å². The molecule has 6 nitrogen and oxygen atoms in total. The Morgan fingerprint density at radius 2 is 2.07 bits per heavy atom. The molecule has 0 atom stereocenters. The van der Waals surface area contributed by atoms with Crippen molar-refractivity contribution < 1.29 is 8.42 Å². The number of aromatic nitrogens is 3. The average molecular weight is 232 g/mol. The number of hydrogen-bond acceptors (Lipinski definition) is 5. The van der Waals surface area contributed by atoms with Crippen LogP contribution in [0.4, 0.5) is 5.82 Å². The predicted molar refractivity (Wildman–Crippen MR) is 58.1 cm³/mol. The van der Waals surface area contributed by atoms with Gasteiger partial charge in [0.05, 0.1) is 18.0 Å². The minimum atomic E-state index is -2.96. The summed E-state index contributed by atoms with van der Waals surface area (Å²) in [7, 11) is -2.96. The van der Waals surface area contributed by atoms with E-state index in [1.807, 2.05) is 6.92 Å². The molecular formula is C8H16N4O2S. The Hall–Kier alpha value is -1.11. The molecule has 2 N–H and O–H groups in total. The van der Waals surface area contributed by atoms with Gasteiger partial charge in [-0.3, -0.25) is 0 Å². The molecule has 7 heteroatoms. The first-order chi connectivity index (χ1) is 7.00. The summed E-state index contributed by atoms with van der Waals surface area (Å²) in [5.41, 5.74) is 6.37. The fourth-order valence-corrected chi connectivity index (χ4v) is 2.00. The molecule has 0 bridgehead atoms. The van der Waals surface area contributed by atoms with Gasteiger partial charge in [-0.1, -0.05) is 19.1 Å². The highest BCUT2D eigenvalue weighted by molar-refractivity contribution is 7.91. The van der Waals surface area contributed by atoms with Crippen LogP contribution < -0.4 is 5.73 Å². The van der Waals surface area contributed by atoms with Crippen LogP contribution in [0.5, 0.6) is 0 Å². The standard InChI is InChI=1S/C8H16N4O2S/c1-3-7-8(9)10-11-12(7)5-6-15(13,14)4-2/h3-6,9H2,1-2H3. The third kappa shape index (κ3) is 2.92. The molecule has 0 radical (unpaired) electrons. The lowest BCUT2D eigenvalue weighted by Gasteiger charge is -2.04. The van der Waals surface area contributed by atoms with E-state index in [-0.39, 0.29) is 11.5 Å². The number of aryl methyl sites for hydroxylation is 1. The number of nitrogens with zero attached hydrogens (tertiary/aromatic N) is 3. The second-order valence-electron chi connectivity index (χ2n) is 3.23. The van der Waals surface area contributed by atoms with Gasteiger partial charge in [0.15, 0.2) is 15.7 Å². The fraction of sp³-hybridized carbons (Fsp3) is 0.750. The summed E-state index contributed by atoms with van der Waals surface area (Å²) >= 11 is 0. The first kappa shape index (κ1) is 12.0. The average Bonchev–Trinajstić information content (AvgIpc) is 2.56. The van der Waals surface area contributed by atoms with Gasteiger partial charge in [-0.15, -0.1) is 5.10 Å². The largest absolute Gasteiger partial charge is 0.381 e. The maximum absolute atomic E-state index is 11.3. The Balaban J connectivity index is 2.74. The number of rotatable bonds is 5. The molecule has 0 spiro atoms. The van der Waals surface area contributed by atoms with Gasteiger partial charge in [0.2, 0.25) is 0 Å². The van der Waals surface area contributed by atoms with Crippen molar-refractivity contribution in [2.45, 2.75) is 26.8 Å².